The van der Waals surface area contributed by atoms with Crippen LogP contribution in [0.25, 0.3) is 10.4 Å². The minimum Gasteiger partial charge on any atom is -0.397 e. The van der Waals surface area contributed by atoms with Crippen LogP contribution in [0.3, 0.4) is 0 Å². The molecule has 1 unspecified atom stereocenters. The number of benzene rings is 2. The lowest BCUT2D eigenvalue weighted by Crippen LogP contribution is -2.15. The Kier molecular flexibility index (Phi) is 8.63. The lowest BCUT2D eigenvalue weighted by Gasteiger charge is -2.18. The van der Waals surface area contributed by atoms with Crippen LogP contribution in [0.2, 0.25) is 0 Å². The van der Waals surface area contributed by atoms with Gasteiger partial charge in [-0.05, 0) is 67.6 Å². The molecule has 3 aromatic rings. The first kappa shape index (κ1) is 25.6. The van der Waals surface area contributed by atoms with Gasteiger partial charge in [-0.1, -0.05) is 24.3 Å². The fourth-order valence-corrected chi connectivity index (χ4v) is 5.02. The van der Waals surface area contributed by atoms with Crippen LogP contribution in [-0.4, -0.2) is 25.1 Å². The zero-order chi connectivity index (χ0) is 24.7. The number of amides is 1. The summed E-state index contributed by atoms with van der Waals surface area (Å²) in [6.45, 7) is 5.00. The maximum absolute atomic E-state index is 12.8. The molecule has 1 heterocycles. The Labute approximate surface area is 202 Å². The van der Waals surface area contributed by atoms with E-state index in [1.807, 2.05) is 29.6 Å². The normalized spacial score (nSPS) is 12.2. The van der Waals surface area contributed by atoms with Crippen molar-refractivity contribution in [2.24, 2.45) is 0 Å². The van der Waals surface area contributed by atoms with E-state index < -0.39 is 19.7 Å². The molecule has 0 aliphatic rings. The monoisotopic (exact) mass is 502 g/mol. The summed E-state index contributed by atoms with van der Waals surface area (Å²) in [5.41, 5.74) is 8.95. The van der Waals surface area contributed by atoms with Crippen LogP contribution in [0.4, 0.5) is 11.4 Å². The molecule has 0 saturated carbocycles. The van der Waals surface area contributed by atoms with E-state index in [1.54, 1.807) is 62.4 Å². The van der Waals surface area contributed by atoms with Crippen LogP contribution in [0.5, 0.6) is 0 Å². The number of hydrogen-bond donors (Lipinski definition) is 2. The Morgan fingerprint density at radius 2 is 1.74 bits per heavy atom. The zero-order valence-electron chi connectivity index (χ0n) is 19.1. The average Bonchev–Trinajstić information content (AvgIpc) is 3.35. The van der Waals surface area contributed by atoms with Crippen LogP contribution >= 0.6 is 19.2 Å². The van der Waals surface area contributed by atoms with E-state index in [0.29, 0.717) is 22.5 Å². The van der Waals surface area contributed by atoms with Gasteiger partial charge in [0.15, 0.2) is 0 Å². The summed E-state index contributed by atoms with van der Waals surface area (Å²) in [6, 6.07) is 15.9. The summed E-state index contributed by atoms with van der Waals surface area (Å²) < 4.78 is 27.5. The molecule has 1 aromatic heterocycles. The number of anilines is 2. The second-order valence-electron chi connectivity index (χ2n) is 7.27. The third kappa shape index (κ3) is 6.33. The van der Waals surface area contributed by atoms with E-state index in [1.165, 1.54) is 0 Å². The number of hydrogen-bond acceptors (Lipinski definition) is 8. The highest BCUT2D eigenvalue weighted by molar-refractivity contribution is 7.49. The molecule has 10 heteroatoms. The third-order valence-electron chi connectivity index (χ3n) is 4.91. The van der Waals surface area contributed by atoms with Gasteiger partial charge in [0.1, 0.15) is 0 Å². The van der Waals surface area contributed by atoms with Crippen molar-refractivity contribution in [3.63, 3.8) is 0 Å². The highest BCUT2D eigenvalue weighted by Crippen LogP contribution is 2.50. The number of nitrogens with two attached hydrogens (primary N) is 1. The SMILES string of the molecule is CCOP(=O)(OCC)OC(=O)C(C)c1ccc(C(=O)Nc2cc(-c3cccs3)ccc2N)cc1. The van der Waals surface area contributed by atoms with Gasteiger partial charge in [-0.15, -0.1) is 11.3 Å². The third-order valence-corrected chi connectivity index (χ3v) is 7.38. The molecule has 34 heavy (non-hydrogen) atoms. The molecule has 8 nitrogen and oxygen atoms in total. The first-order valence-electron chi connectivity index (χ1n) is 10.7. The summed E-state index contributed by atoms with van der Waals surface area (Å²) in [7, 11) is -3.97. The maximum atomic E-state index is 12.8. The number of nitrogens with one attached hydrogen (secondary N) is 1. The van der Waals surface area contributed by atoms with Crippen molar-refractivity contribution in [2.45, 2.75) is 26.7 Å². The predicted molar refractivity (Wildman–Crippen MR) is 134 cm³/mol. The van der Waals surface area contributed by atoms with E-state index in [-0.39, 0.29) is 19.1 Å². The van der Waals surface area contributed by atoms with Crippen LogP contribution in [-0.2, 0) is 22.9 Å². The molecular formula is C24H27N2O6PS. The van der Waals surface area contributed by atoms with Crippen LogP contribution in [0.15, 0.2) is 60.0 Å². The first-order valence-corrected chi connectivity index (χ1v) is 13.1. The van der Waals surface area contributed by atoms with Gasteiger partial charge in [-0.25, -0.2) is 4.57 Å². The second kappa shape index (κ2) is 11.4. The van der Waals surface area contributed by atoms with Gasteiger partial charge in [-0.2, -0.15) is 0 Å². The van der Waals surface area contributed by atoms with E-state index in [0.717, 1.165) is 10.4 Å². The van der Waals surface area contributed by atoms with Gasteiger partial charge < -0.3 is 15.6 Å². The maximum Gasteiger partial charge on any atom is 0.532 e. The molecule has 0 bridgehead atoms. The van der Waals surface area contributed by atoms with E-state index in [2.05, 4.69) is 5.32 Å². The zero-order valence-corrected chi connectivity index (χ0v) is 20.9. The Hall–Kier alpha value is -2.97. The summed E-state index contributed by atoms with van der Waals surface area (Å²) in [4.78, 5) is 26.3. The number of thiophene rings is 1. The predicted octanol–water partition coefficient (Wildman–Crippen LogP) is 6.08. The number of phosphoric acid groups is 1. The lowest BCUT2D eigenvalue weighted by atomic mass is 10.00. The minimum absolute atomic E-state index is 0.0729. The molecule has 0 radical (unpaired) electrons. The van der Waals surface area contributed by atoms with Crippen molar-refractivity contribution in [1.82, 2.24) is 0 Å². The van der Waals surface area contributed by atoms with Gasteiger partial charge >= 0.3 is 13.8 Å². The molecule has 0 aliphatic heterocycles. The van der Waals surface area contributed by atoms with Crippen molar-refractivity contribution in [3.05, 3.63) is 71.1 Å². The Morgan fingerprint density at radius 3 is 2.32 bits per heavy atom. The average molecular weight is 503 g/mol. The molecule has 3 rings (SSSR count). The first-order chi connectivity index (χ1) is 16.3. The molecule has 1 amide bonds. The highest BCUT2D eigenvalue weighted by atomic mass is 32.1. The quantitative estimate of drug-likeness (QED) is 0.255. The molecule has 0 spiro atoms. The summed E-state index contributed by atoms with van der Waals surface area (Å²) >= 11 is 1.60. The Bertz CT molecular complexity index is 1170. The molecule has 2 aromatic carbocycles. The molecule has 0 saturated heterocycles. The molecule has 3 N–H and O–H groups in total. The van der Waals surface area contributed by atoms with Gasteiger partial charge in [0.25, 0.3) is 5.91 Å². The number of carbonyl (C=O) groups excluding carboxylic acids is 2. The fourth-order valence-electron chi connectivity index (χ4n) is 3.11. The number of rotatable bonds is 10. The van der Waals surface area contributed by atoms with Crippen molar-refractivity contribution in [2.75, 3.05) is 24.3 Å². The largest absolute Gasteiger partial charge is 0.532 e. The number of carbonyl (C=O) groups is 2. The minimum atomic E-state index is -3.97. The van der Waals surface area contributed by atoms with Crippen molar-refractivity contribution in [1.29, 1.82) is 0 Å². The van der Waals surface area contributed by atoms with Crippen LogP contribution in [0, 0.1) is 0 Å². The summed E-state index contributed by atoms with van der Waals surface area (Å²) in [5.74, 6) is -1.83. The summed E-state index contributed by atoms with van der Waals surface area (Å²) in [5, 5.41) is 4.82. The lowest BCUT2D eigenvalue weighted by molar-refractivity contribution is -0.137. The van der Waals surface area contributed by atoms with Crippen LogP contribution < -0.4 is 11.1 Å². The molecule has 180 valence electrons. The molecular weight excluding hydrogens is 475 g/mol. The summed E-state index contributed by atoms with van der Waals surface area (Å²) in [6.07, 6.45) is 0. The van der Waals surface area contributed by atoms with Crippen molar-refractivity contribution in [3.8, 4) is 10.4 Å². The molecule has 0 aliphatic carbocycles. The van der Waals surface area contributed by atoms with Crippen molar-refractivity contribution < 1.29 is 27.7 Å². The second-order valence-corrected chi connectivity index (χ2v) is 9.81. The van der Waals surface area contributed by atoms with E-state index in [9.17, 15) is 14.2 Å². The molecule has 1 atom stereocenters. The highest BCUT2D eigenvalue weighted by Gasteiger charge is 2.32. The number of nitrogen functional groups attached to an aromatic ring is 1. The van der Waals surface area contributed by atoms with E-state index >= 15 is 0 Å². The van der Waals surface area contributed by atoms with Gasteiger partial charge in [-0.3, -0.25) is 18.6 Å². The van der Waals surface area contributed by atoms with Gasteiger partial charge in [0.2, 0.25) is 0 Å². The number of phosphoric ester groups is 1. The smallest absolute Gasteiger partial charge is 0.397 e. The fraction of sp³-hybridized carbons (Fsp3) is 0.250. The van der Waals surface area contributed by atoms with Crippen LogP contribution in [0.1, 0.15) is 42.6 Å². The van der Waals surface area contributed by atoms with Crippen molar-refractivity contribution >= 4 is 42.4 Å². The van der Waals surface area contributed by atoms with Gasteiger partial charge in [0, 0.05) is 10.4 Å². The van der Waals surface area contributed by atoms with Gasteiger partial charge in [0.05, 0.1) is 30.5 Å². The Balaban J connectivity index is 1.69. The Morgan fingerprint density at radius 1 is 1.06 bits per heavy atom. The molecule has 0 fully saturated rings. The topological polar surface area (TPSA) is 117 Å². The van der Waals surface area contributed by atoms with E-state index in [4.69, 9.17) is 19.3 Å². The standard InChI is InChI=1S/C24H27N2O6PS/c1-4-30-33(29,31-5-2)32-24(28)16(3)17-8-10-18(11-9-17)23(27)26-21-15-19(12-13-20(21)25)22-7-6-14-34-22/h6-16H,4-5,25H2,1-3H3,(H,26,27).